The van der Waals surface area contributed by atoms with E-state index in [1.54, 1.807) is 13.2 Å². The SMILES string of the molecule is COC1=CCC(Cl)C=C1C1=NNC(c2cccc(F)c2)C1. The standard InChI is InChI=1S/C16H16ClFN2O/c1-21-16-6-5-11(17)8-13(16)15-9-14(19-20-15)10-3-2-4-12(18)7-10/h2-4,6-8,11,14,19H,5,9H2,1H3. The highest BCUT2D eigenvalue weighted by Gasteiger charge is 2.27. The van der Waals surface area contributed by atoms with Gasteiger partial charge in [0.25, 0.3) is 0 Å². The van der Waals surface area contributed by atoms with Crippen molar-refractivity contribution in [1.29, 1.82) is 0 Å². The Hall–Kier alpha value is -1.81. The second-order valence-electron chi connectivity index (χ2n) is 5.10. The van der Waals surface area contributed by atoms with Crippen LogP contribution < -0.4 is 5.43 Å². The monoisotopic (exact) mass is 306 g/mol. The summed E-state index contributed by atoms with van der Waals surface area (Å²) in [6, 6.07) is 6.55. The number of halogens is 2. The molecule has 0 bridgehead atoms. The summed E-state index contributed by atoms with van der Waals surface area (Å²) in [7, 11) is 1.64. The molecule has 0 aromatic heterocycles. The Balaban J connectivity index is 1.79. The molecule has 1 N–H and O–H groups in total. The van der Waals surface area contributed by atoms with Crippen molar-refractivity contribution in [3.8, 4) is 0 Å². The van der Waals surface area contributed by atoms with Crippen molar-refractivity contribution in [2.24, 2.45) is 5.10 Å². The summed E-state index contributed by atoms with van der Waals surface area (Å²) in [4.78, 5) is 0. The second kappa shape index (κ2) is 5.90. The number of hydrogen-bond acceptors (Lipinski definition) is 3. The molecule has 0 saturated carbocycles. The fourth-order valence-electron chi connectivity index (χ4n) is 2.62. The molecule has 2 unspecified atom stereocenters. The van der Waals surface area contributed by atoms with E-state index in [0.29, 0.717) is 6.42 Å². The maximum atomic E-state index is 13.3. The summed E-state index contributed by atoms with van der Waals surface area (Å²) in [5, 5.41) is 4.33. The Labute approximate surface area is 128 Å². The first-order valence-electron chi connectivity index (χ1n) is 6.85. The summed E-state index contributed by atoms with van der Waals surface area (Å²) in [5.41, 5.74) is 5.76. The molecule has 110 valence electrons. The van der Waals surface area contributed by atoms with Gasteiger partial charge in [-0.3, -0.25) is 0 Å². The van der Waals surface area contributed by atoms with E-state index in [1.807, 2.05) is 18.2 Å². The van der Waals surface area contributed by atoms with E-state index in [0.717, 1.165) is 29.0 Å². The zero-order valence-electron chi connectivity index (χ0n) is 11.6. The van der Waals surface area contributed by atoms with E-state index in [1.165, 1.54) is 12.1 Å². The molecule has 3 rings (SSSR count). The van der Waals surface area contributed by atoms with Crippen LogP contribution in [0.5, 0.6) is 0 Å². The highest BCUT2D eigenvalue weighted by atomic mass is 35.5. The minimum atomic E-state index is -0.238. The van der Waals surface area contributed by atoms with Crippen LogP contribution in [0.4, 0.5) is 4.39 Å². The molecule has 0 saturated heterocycles. The molecule has 0 radical (unpaired) electrons. The molecular formula is C16H16ClFN2O. The van der Waals surface area contributed by atoms with E-state index < -0.39 is 0 Å². The van der Waals surface area contributed by atoms with Crippen LogP contribution in [0, 0.1) is 5.82 Å². The van der Waals surface area contributed by atoms with Gasteiger partial charge in [0.05, 0.1) is 24.2 Å². The maximum Gasteiger partial charge on any atom is 0.123 e. The number of hydrazone groups is 1. The van der Waals surface area contributed by atoms with E-state index >= 15 is 0 Å². The van der Waals surface area contributed by atoms with Crippen LogP contribution in [0.1, 0.15) is 24.4 Å². The van der Waals surface area contributed by atoms with Gasteiger partial charge in [0, 0.05) is 12.0 Å². The van der Waals surface area contributed by atoms with Crippen molar-refractivity contribution in [2.75, 3.05) is 7.11 Å². The van der Waals surface area contributed by atoms with E-state index in [4.69, 9.17) is 16.3 Å². The summed E-state index contributed by atoms with van der Waals surface area (Å²) in [5.74, 6) is 0.560. The van der Waals surface area contributed by atoms with Crippen molar-refractivity contribution < 1.29 is 9.13 Å². The topological polar surface area (TPSA) is 33.6 Å². The smallest absolute Gasteiger partial charge is 0.123 e. The number of methoxy groups -OCH3 is 1. The molecule has 1 heterocycles. The molecule has 0 amide bonds. The zero-order valence-corrected chi connectivity index (χ0v) is 12.4. The van der Waals surface area contributed by atoms with Gasteiger partial charge in [0.1, 0.15) is 11.6 Å². The molecule has 5 heteroatoms. The van der Waals surface area contributed by atoms with Gasteiger partial charge in [-0.2, -0.15) is 5.10 Å². The molecular weight excluding hydrogens is 291 g/mol. The Morgan fingerprint density at radius 2 is 2.29 bits per heavy atom. The third-order valence-electron chi connectivity index (χ3n) is 3.68. The van der Waals surface area contributed by atoms with Crippen molar-refractivity contribution in [3.05, 3.63) is 59.1 Å². The van der Waals surface area contributed by atoms with Gasteiger partial charge in [-0.25, -0.2) is 4.39 Å². The maximum absolute atomic E-state index is 13.3. The lowest BCUT2D eigenvalue weighted by molar-refractivity contribution is 0.300. The van der Waals surface area contributed by atoms with Crippen LogP contribution in [0.2, 0.25) is 0 Å². The Morgan fingerprint density at radius 1 is 1.43 bits per heavy atom. The molecule has 1 aliphatic carbocycles. The minimum absolute atomic E-state index is 0.0228. The van der Waals surface area contributed by atoms with Gasteiger partial charge < -0.3 is 10.2 Å². The number of alkyl halides is 1. The van der Waals surface area contributed by atoms with E-state index in [2.05, 4.69) is 10.5 Å². The first-order chi connectivity index (χ1) is 10.2. The van der Waals surface area contributed by atoms with Crippen LogP contribution in [0.15, 0.2) is 52.9 Å². The predicted molar refractivity (Wildman–Crippen MR) is 81.8 cm³/mol. The number of hydrogen-bond donors (Lipinski definition) is 1. The molecule has 1 aromatic carbocycles. The lowest BCUT2D eigenvalue weighted by atomic mass is 9.94. The van der Waals surface area contributed by atoms with Gasteiger partial charge in [-0.1, -0.05) is 18.2 Å². The van der Waals surface area contributed by atoms with Crippen LogP contribution in [0.25, 0.3) is 0 Å². The normalized spacial score (nSPS) is 24.8. The lowest BCUT2D eigenvalue weighted by Crippen LogP contribution is -2.13. The molecule has 1 aromatic rings. The predicted octanol–water partition coefficient (Wildman–Crippen LogP) is 3.68. The van der Waals surface area contributed by atoms with Gasteiger partial charge in [0.15, 0.2) is 0 Å². The Bertz CT molecular complexity index is 639. The van der Waals surface area contributed by atoms with Crippen molar-refractivity contribution >= 4 is 17.3 Å². The molecule has 3 nitrogen and oxygen atoms in total. The molecule has 0 spiro atoms. The average Bonchev–Trinajstić information content (AvgIpc) is 2.97. The van der Waals surface area contributed by atoms with E-state index in [9.17, 15) is 4.39 Å². The molecule has 2 atom stereocenters. The third kappa shape index (κ3) is 2.95. The van der Waals surface area contributed by atoms with Crippen LogP contribution in [-0.4, -0.2) is 18.2 Å². The molecule has 1 aliphatic heterocycles. The van der Waals surface area contributed by atoms with Crippen LogP contribution in [0.3, 0.4) is 0 Å². The van der Waals surface area contributed by atoms with Gasteiger partial charge in [-0.15, -0.1) is 11.6 Å². The van der Waals surface area contributed by atoms with Gasteiger partial charge >= 0.3 is 0 Å². The highest BCUT2D eigenvalue weighted by molar-refractivity contribution is 6.22. The number of rotatable bonds is 3. The summed E-state index contributed by atoms with van der Waals surface area (Å²) in [6.07, 6.45) is 5.38. The number of nitrogens with one attached hydrogen (secondary N) is 1. The largest absolute Gasteiger partial charge is 0.496 e. The summed E-state index contributed by atoms with van der Waals surface area (Å²) >= 11 is 6.18. The fraction of sp³-hybridized carbons (Fsp3) is 0.312. The van der Waals surface area contributed by atoms with Crippen LogP contribution >= 0.6 is 11.6 Å². The van der Waals surface area contributed by atoms with Crippen molar-refractivity contribution in [1.82, 2.24) is 5.43 Å². The quantitative estimate of drug-likeness (QED) is 0.864. The number of nitrogens with zero attached hydrogens (tertiary/aromatic N) is 1. The second-order valence-corrected chi connectivity index (χ2v) is 5.66. The number of allylic oxidation sites excluding steroid dienone is 3. The molecule has 2 aliphatic rings. The van der Waals surface area contributed by atoms with Crippen molar-refractivity contribution in [3.63, 3.8) is 0 Å². The van der Waals surface area contributed by atoms with Gasteiger partial charge in [-0.05, 0) is 30.2 Å². The van der Waals surface area contributed by atoms with Gasteiger partial charge in [0.2, 0.25) is 0 Å². The lowest BCUT2D eigenvalue weighted by Gasteiger charge is -2.17. The third-order valence-corrected chi connectivity index (χ3v) is 3.98. The summed E-state index contributed by atoms with van der Waals surface area (Å²) in [6.45, 7) is 0. The highest BCUT2D eigenvalue weighted by Crippen LogP contribution is 2.30. The Morgan fingerprint density at radius 3 is 3.05 bits per heavy atom. The first-order valence-corrected chi connectivity index (χ1v) is 7.29. The number of benzene rings is 1. The molecule has 21 heavy (non-hydrogen) atoms. The van der Waals surface area contributed by atoms with Crippen molar-refractivity contribution in [2.45, 2.75) is 24.3 Å². The van der Waals surface area contributed by atoms with Crippen LogP contribution in [-0.2, 0) is 4.74 Å². The number of ether oxygens (including phenoxy) is 1. The fourth-order valence-corrected chi connectivity index (χ4v) is 2.83. The summed E-state index contributed by atoms with van der Waals surface area (Å²) < 4.78 is 18.7. The first kappa shape index (κ1) is 14.1. The van der Waals surface area contributed by atoms with E-state index in [-0.39, 0.29) is 17.2 Å². The zero-order chi connectivity index (χ0) is 14.8. The molecule has 0 fully saturated rings. The average molecular weight is 307 g/mol. The Kier molecular flexibility index (Phi) is 3.97. The minimum Gasteiger partial charge on any atom is -0.496 e.